The first-order chi connectivity index (χ1) is 14.3. The van der Waals surface area contributed by atoms with Crippen LogP contribution in [0.3, 0.4) is 0 Å². The Morgan fingerprint density at radius 3 is 2.30 bits per heavy atom. The van der Waals surface area contributed by atoms with Crippen LogP contribution in [0.4, 0.5) is 5.69 Å². The highest BCUT2D eigenvalue weighted by atomic mass is 32.2. The van der Waals surface area contributed by atoms with Crippen molar-refractivity contribution in [2.24, 2.45) is 0 Å². The van der Waals surface area contributed by atoms with Crippen molar-refractivity contribution in [2.75, 3.05) is 0 Å². The first-order valence-electron chi connectivity index (χ1n) is 8.75. The zero-order chi connectivity index (χ0) is 21.7. The van der Waals surface area contributed by atoms with Gasteiger partial charge in [-0.15, -0.1) is 0 Å². The van der Waals surface area contributed by atoms with E-state index in [1.807, 2.05) is 6.07 Å². The van der Waals surface area contributed by atoms with Crippen LogP contribution in [-0.2, 0) is 16.7 Å². The summed E-state index contributed by atoms with van der Waals surface area (Å²) in [5.41, 5.74) is 0.828. The summed E-state index contributed by atoms with van der Waals surface area (Å²) in [6, 6.07) is 16.9. The maximum atomic E-state index is 12.7. The third kappa shape index (κ3) is 4.81. The van der Waals surface area contributed by atoms with Gasteiger partial charge in [0.25, 0.3) is 5.75 Å². The normalized spacial score (nSPS) is 11.0. The number of nitro benzene ring substituents is 1. The average molecular weight is 427 g/mol. The molecule has 30 heavy (non-hydrogen) atoms. The van der Waals surface area contributed by atoms with Gasteiger partial charge in [-0.25, -0.2) is 0 Å². The molecule has 154 valence electrons. The molecule has 0 unspecified atom stereocenters. The molecule has 0 saturated heterocycles. The fourth-order valence-corrected chi connectivity index (χ4v) is 3.55. The van der Waals surface area contributed by atoms with E-state index in [1.165, 1.54) is 18.2 Å². The molecule has 0 spiro atoms. The highest BCUT2D eigenvalue weighted by molar-refractivity contribution is 7.87. The predicted octanol–water partition coefficient (Wildman–Crippen LogP) is 4.06. The van der Waals surface area contributed by atoms with Gasteiger partial charge in [0.15, 0.2) is 5.75 Å². The molecule has 0 atom stereocenters. The maximum Gasteiger partial charge on any atom is 0.339 e. The highest BCUT2D eigenvalue weighted by Gasteiger charge is 2.28. The van der Waals surface area contributed by atoms with E-state index in [1.54, 1.807) is 43.3 Å². The highest BCUT2D eigenvalue weighted by Crippen LogP contribution is 2.40. The van der Waals surface area contributed by atoms with Crippen LogP contribution >= 0.6 is 0 Å². The Labute approximate surface area is 173 Å². The molecule has 0 N–H and O–H groups in total. The Balaban J connectivity index is 2.04. The van der Waals surface area contributed by atoms with Crippen LogP contribution in [0.1, 0.15) is 21.5 Å². The summed E-state index contributed by atoms with van der Waals surface area (Å²) in [4.78, 5) is 21.8. The molecule has 0 saturated carbocycles. The molecule has 8 nitrogen and oxygen atoms in total. The van der Waals surface area contributed by atoms with E-state index in [4.69, 9.17) is 8.92 Å². The molecule has 0 amide bonds. The Hall–Kier alpha value is -3.72. The summed E-state index contributed by atoms with van der Waals surface area (Å²) in [5, 5.41) is 11.5. The monoisotopic (exact) mass is 427 g/mol. The van der Waals surface area contributed by atoms with E-state index >= 15 is 0 Å². The van der Waals surface area contributed by atoms with Gasteiger partial charge in [-0.05, 0) is 30.7 Å². The lowest BCUT2D eigenvalue weighted by Crippen LogP contribution is -2.12. The van der Waals surface area contributed by atoms with Crippen molar-refractivity contribution in [3.8, 4) is 11.5 Å². The molecule has 0 fully saturated rings. The number of benzene rings is 3. The minimum atomic E-state index is -4.38. The largest absolute Gasteiger partial charge is 0.485 e. The van der Waals surface area contributed by atoms with Gasteiger partial charge in [0.1, 0.15) is 17.8 Å². The lowest BCUT2D eigenvalue weighted by Gasteiger charge is -2.14. The molecule has 9 heteroatoms. The SMILES string of the molecule is Cc1ccc(S(=O)(=O)Oc2c(OCc3ccccc3)cc(C=O)cc2[N+](=O)[O-])cc1. The van der Waals surface area contributed by atoms with Crippen molar-refractivity contribution >= 4 is 22.1 Å². The first kappa shape index (κ1) is 21.0. The smallest absolute Gasteiger partial charge is 0.339 e. The molecule has 0 aromatic heterocycles. The van der Waals surface area contributed by atoms with Crippen LogP contribution in [-0.4, -0.2) is 19.6 Å². The number of aldehydes is 1. The van der Waals surface area contributed by atoms with E-state index in [-0.39, 0.29) is 22.8 Å². The maximum absolute atomic E-state index is 12.7. The van der Waals surface area contributed by atoms with Crippen molar-refractivity contribution in [3.63, 3.8) is 0 Å². The van der Waals surface area contributed by atoms with Gasteiger partial charge < -0.3 is 8.92 Å². The molecule has 0 aliphatic carbocycles. The Morgan fingerprint density at radius 2 is 1.70 bits per heavy atom. The summed E-state index contributed by atoms with van der Waals surface area (Å²) in [5.74, 6) is -0.826. The number of hydrogen-bond acceptors (Lipinski definition) is 7. The Kier molecular flexibility index (Phi) is 6.12. The molecule has 3 aromatic rings. The fraction of sp³-hybridized carbons (Fsp3) is 0.0952. The summed E-state index contributed by atoms with van der Waals surface area (Å²) < 4.78 is 36.1. The number of ether oxygens (including phenoxy) is 1. The molecule has 3 rings (SSSR count). The zero-order valence-corrected chi connectivity index (χ0v) is 16.7. The second-order valence-corrected chi connectivity index (χ2v) is 7.91. The number of nitro groups is 1. The fourth-order valence-electron chi connectivity index (χ4n) is 2.60. The predicted molar refractivity (Wildman–Crippen MR) is 108 cm³/mol. The number of carbonyl (C=O) groups is 1. The summed E-state index contributed by atoms with van der Waals surface area (Å²) in [7, 11) is -4.38. The molecule has 0 bridgehead atoms. The zero-order valence-electron chi connectivity index (χ0n) is 15.8. The van der Waals surface area contributed by atoms with Gasteiger partial charge in [0, 0.05) is 11.6 Å². The third-order valence-corrected chi connectivity index (χ3v) is 5.37. The van der Waals surface area contributed by atoms with Gasteiger partial charge in [-0.3, -0.25) is 14.9 Å². The lowest BCUT2D eigenvalue weighted by atomic mass is 10.2. The molecule has 3 aromatic carbocycles. The molecule has 0 radical (unpaired) electrons. The van der Waals surface area contributed by atoms with Crippen LogP contribution < -0.4 is 8.92 Å². The lowest BCUT2D eigenvalue weighted by molar-refractivity contribution is -0.385. The number of carbonyl (C=O) groups excluding carboxylic acids is 1. The second kappa shape index (κ2) is 8.75. The van der Waals surface area contributed by atoms with Crippen molar-refractivity contribution in [1.82, 2.24) is 0 Å². The van der Waals surface area contributed by atoms with Crippen molar-refractivity contribution in [1.29, 1.82) is 0 Å². The van der Waals surface area contributed by atoms with Gasteiger partial charge in [0.2, 0.25) is 0 Å². The summed E-state index contributed by atoms with van der Waals surface area (Å²) in [6.07, 6.45) is 0.403. The van der Waals surface area contributed by atoms with E-state index < -0.39 is 26.5 Å². The minimum absolute atomic E-state index is 0.0127. The standard InChI is InChI=1S/C21H17NO7S/c1-15-7-9-18(10-8-15)30(26,27)29-21-19(22(24)25)11-17(13-23)12-20(21)28-14-16-5-3-2-4-6-16/h2-13H,14H2,1H3. The van der Waals surface area contributed by atoms with Crippen molar-refractivity contribution < 1.29 is 27.1 Å². The molecule has 0 heterocycles. The molecule has 0 aliphatic rings. The molecular formula is C21H17NO7S. The third-order valence-electron chi connectivity index (χ3n) is 4.13. The molecular weight excluding hydrogens is 410 g/mol. The van der Waals surface area contributed by atoms with E-state index in [0.717, 1.165) is 17.2 Å². The summed E-state index contributed by atoms with van der Waals surface area (Å²) >= 11 is 0. The van der Waals surface area contributed by atoms with E-state index in [0.29, 0.717) is 6.29 Å². The number of aryl methyl sites for hydroxylation is 1. The number of hydrogen-bond donors (Lipinski definition) is 0. The summed E-state index contributed by atoms with van der Waals surface area (Å²) in [6.45, 7) is 1.77. The molecule has 0 aliphatic heterocycles. The average Bonchev–Trinajstić information content (AvgIpc) is 2.73. The Bertz CT molecular complexity index is 1170. The van der Waals surface area contributed by atoms with E-state index in [9.17, 15) is 23.3 Å². The van der Waals surface area contributed by atoms with Crippen LogP contribution in [0.25, 0.3) is 0 Å². The minimum Gasteiger partial charge on any atom is -0.485 e. The van der Waals surface area contributed by atoms with E-state index in [2.05, 4.69) is 0 Å². The second-order valence-electron chi connectivity index (χ2n) is 6.37. The van der Waals surface area contributed by atoms with Crippen molar-refractivity contribution in [3.05, 3.63) is 93.5 Å². The first-order valence-corrected chi connectivity index (χ1v) is 10.2. The quantitative estimate of drug-likeness (QED) is 0.230. The van der Waals surface area contributed by atoms with Crippen LogP contribution in [0.15, 0.2) is 71.6 Å². The van der Waals surface area contributed by atoms with Gasteiger partial charge in [-0.2, -0.15) is 8.42 Å². The number of nitrogens with zero attached hydrogens (tertiary/aromatic N) is 1. The van der Waals surface area contributed by atoms with Gasteiger partial charge in [0.05, 0.1) is 4.92 Å². The van der Waals surface area contributed by atoms with Crippen molar-refractivity contribution in [2.45, 2.75) is 18.4 Å². The van der Waals surface area contributed by atoms with Crippen LogP contribution in [0, 0.1) is 17.0 Å². The van der Waals surface area contributed by atoms with Gasteiger partial charge in [-0.1, -0.05) is 48.0 Å². The van der Waals surface area contributed by atoms with Gasteiger partial charge >= 0.3 is 15.8 Å². The number of rotatable bonds is 8. The van der Waals surface area contributed by atoms with Crippen LogP contribution in [0.5, 0.6) is 11.5 Å². The topological polar surface area (TPSA) is 113 Å². The Morgan fingerprint density at radius 1 is 1.03 bits per heavy atom. The van der Waals surface area contributed by atoms with Crippen LogP contribution in [0.2, 0.25) is 0 Å².